The number of nitrogens with zero attached hydrogens (tertiary/aromatic N) is 6. The van der Waals surface area contributed by atoms with Crippen LogP contribution in [0.15, 0.2) is 65.6 Å². The lowest BCUT2D eigenvalue weighted by atomic mass is 9.98. The molecular formula is C30H30F3N7O3S. The van der Waals surface area contributed by atoms with Crippen LogP contribution >= 0.6 is 0 Å². The van der Waals surface area contributed by atoms with Crippen LogP contribution in [0.5, 0.6) is 0 Å². The average Bonchev–Trinajstić information content (AvgIpc) is 3.69. The Balaban J connectivity index is 1.43. The summed E-state index contributed by atoms with van der Waals surface area (Å²) in [5, 5.41) is 14.3. The highest BCUT2D eigenvalue weighted by Crippen LogP contribution is 2.38. The van der Waals surface area contributed by atoms with Crippen molar-refractivity contribution in [3.8, 4) is 22.5 Å². The van der Waals surface area contributed by atoms with Gasteiger partial charge in [0.05, 0.1) is 29.2 Å². The van der Waals surface area contributed by atoms with Gasteiger partial charge in [-0.3, -0.25) is 0 Å². The first kappa shape index (κ1) is 29.9. The lowest BCUT2D eigenvalue weighted by Gasteiger charge is -2.26. The maximum absolute atomic E-state index is 14.4. The average molecular weight is 626 g/mol. The predicted molar refractivity (Wildman–Crippen MR) is 157 cm³/mol. The number of fused-ring (bicyclic) bond motifs is 1. The molecule has 44 heavy (non-hydrogen) atoms. The number of hydrogen-bond acceptors (Lipinski definition) is 7. The van der Waals surface area contributed by atoms with Crippen molar-refractivity contribution < 1.29 is 26.3 Å². The van der Waals surface area contributed by atoms with Gasteiger partial charge in [-0.25, -0.2) is 13.4 Å². The molecule has 0 atom stereocenters. The number of H-pyrrole nitrogens is 1. The van der Waals surface area contributed by atoms with E-state index in [1.54, 1.807) is 4.57 Å². The van der Waals surface area contributed by atoms with Gasteiger partial charge in [-0.05, 0) is 40.5 Å². The van der Waals surface area contributed by atoms with Crippen molar-refractivity contribution >= 4 is 21.1 Å². The van der Waals surface area contributed by atoms with Gasteiger partial charge in [0.1, 0.15) is 11.3 Å². The molecule has 0 bridgehead atoms. The minimum absolute atomic E-state index is 0.0743. The Morgan fingerprint density at radius 3 is 2.39 bits per heavy atom. The number of aryl methyl sites for hydroxylation is 1. The first-order valence-electron chi connectivity index (χ1n) is 14.3. The molecular weight excluding hydrogens is 595 g/mol. The first-order chi connectivity index (χ1) is 21.2. The molecule has 230 valence electrons. The molecule has 1 N–H and O–H groups in total. The van der Waals surface area contributed by atoms with Gasteiger partial charge in [0.15, 0.2) is 0 Å². The number of ether oxygens (including phenoxy) is 1. The number of tetrazole rings is 1. The van der Waals surface area contributed by atoms with E-state index in [4.69, 9.17) is 4.74 Å². The number of imidazole rings is 1. The van der Waals surface area contributed by atoms with Gasteiger partial charge in [0.25, 0.3) is 0 Å². The largest absolute Gasteiger partial charge is 0.418 e. The zero-order chi connectivity index (χ0) is 30.9. The van der Waals surface area contributed by atoms with Crippen molar-refractivity contribution in [2.24, 2.45) is 0 Å². The Bertz CT molecular complexity index is 1870. The van der Waals surface area contributed by atoms with Crippen molar-refractivity contribution in [3.63, 3.8) is 0 Å². The minimum Gasteiger partial charge on any atom is -0.379 e. The van der Waals surface area contributed by atoms with Crippen LogP contribution in [-0.2, 0) is 33.9 Å². The second-order valence-corrected chi connectivity index (χ2v) is 12.5. The zero-order valence-electron chi connectivity index (χ0n) is 23.9. The third kappa shape index (κ3) is 5.84. The minimum atomic E-state index is -4.80. The second-order valence-electron chi connectivity index (χ2n) is 10.5. The molecule has 1 saturated heterocycles. The van der Waals surface area contributed by atoms with Gasteiger partial charge < -0.3 is 9.30 Å². The van der Waals surface area contributed by atoms with E-state index in [9.17, 15) is 21.6 Å². The standard InChI is InChI=1S/C30H30F3N7O3S/c1-2-3-8-27-34-28-25(30(31,32)33)17-22(44(41,42)39-13-15-43-16-14-39)18-26(28)40(27)19-20-9-11-21(12-10-20)23-6-4-5-7-24(23)29-35-37-38-36-29/h4-7,9-12,17-18H,2-3,8,13-16,19H2,1H3,(H,35,36,37,38). The van der Waals surface area contributed by atoms with Gasteiger partial charge in [-0.2, -0.15) is 22.7 Å². The number of nitrogens with one attached hydrogen (secondary N) is 1. The van der Waals surface area contributed by atoms with E-state index in [0.29, 0.717) is 24.1 Å². The van der Waals surface area contributed by atoms with Crippen LogP contribution in [0.2, 0.25) is 0 Å². The summed E-state index contributed by atoms with van der Waals surface area (Å²) in [5.74, 6) is 0.929. The van der Waals surface area contributed by atoms with E-state index in [1.165, 1.54) is 10.4 Å². The van der Waals surface area contributed by atoms with Crippen molar-refractivity contribution in [2.45, 2.75) is 43.8 Å². The SMILES string of the molecule is CCCCc1nc2c(C(F)(F)F)cc(S(=O)(=O)N3CCOCC3)cc2n1Cc1ccc(-c2ccccc2-c2nn[nH]n2)cc1. The lowest BCUT2D eigenvalue weighted by Crippen LogP contribution is -2.40. The van der Waals surface area contributed by atoms with Crippen LogP contribution < -0.4 is 0 Å². The van der Waals surface area contributed by atoms with Crippen LogP contribution in [0, 0.1) is 0 Å². The summed E-state index contributed by atoms with van der Waals surface area (Å²) in [7, 11) is -4.20. The zero-order valence-corrected chi connectivity index (χ0v) is 24.7. The Kier molecular flexibility index (Phi) is 8.22. The van der Waals surface area contributed by atoms with E-state index in [-0.39, 0.29) is 43.9 Å². The molecule has 0 amide bonds. The Hall–Kier alpha value is -4.14. The summed E-state index contributed by atoms with van der Waals surface area (Å²) in [6, 6.07) is 17.3. The van der Waals surface area contributed by atoms with Gasteiger partial charge in [-0.1, -0.05) is 61.9 Å². The number of morpholine rings is 1. The predicted octanol–water partition coefficient (Wildman–Crippen LogP) is 5.31. The van der Waals surface area contributed by atoms with Crippen LogP contribution in [0.3, 0.4) is 0 Å². The number of alkyl halides is 3. The number of unbranched alkanes of at least 4 members (excludes halogenated alkanes) is 1. The van der Waals surface area contributed by atoms with Crippen LogP contribution in [0.25, 0.3) is 33.5 Å². The summed E-state index contributed by atoms with van der Waals surface area (Å²) in [4.78, 5) is 4.04. The van der Waals surface area contributed by atoms with Crippen LogP contribution in [-0.4, -0.2) is 69.2 Å². The third-order valence-corrected chi connectivity index (χ3v) is 9.57. The van der Waals surface area contributed by atoms with Gasteiger partial charge >= 0.3 is 6.18 Å². The highest BCUT2D eigenvalue weighted by atomic mass is 32.2. The molecule has 0 saturated carbocycles. The fourth-order valence-electron chi connectivity index (χ4n) is 5.43. The Labute approximate surface area is 251 Å². The quantitative estimate of drug-likeness (QED) is 0.236. The highest BCUT2D eigenvalue weighted by molar-refractivity contribution is 7.89. The highest BCUT2D eigenvalue weighted by Gasteiger charge is 2.38. The Morgan fingerprint density at radius 2 is 1.73 bits per heavy atom. The van der Waals surface area contributed by atoms with E-state index >= 15 is 0 Å². The van der Waals surface area contributed by atoms with Gasteiger partial charge in [0.2, 0.25) is 15.8 Å². The number of benzene rings is 3. The molecule has 0 spiro atoms. The maximum atomic E-state index is 14.4. The molecule has 0 unspecified atom stereocenters. The van der Waals surface area contributed by atoms with E-state index < -0.39 is 26.7 Å². The number of rotatable bonds is 9. The number of aromatic nitrogens is 6. The van der Waals surface area contributed by atoms with Crippen molar-refractivity contribution in [1.29, 1.82) is 0 Å². The summed E-state index contributed by atoms with van der Waals surface area (Å²) in [5.41, 5.74) is 2.22. The van der Waals surface area contributed by atoms with Crippen molar-refractivity contribution in [3.05, 3.63) is 77.6 Å². The summed E-state index contributed by atoms with van der Waals surface area (Å²) < 4.78 is 78.3. The molecule has 5 aromatic rings. The monoisotopic (exact) mass is 625 g/mol. The normalized spacial score (nSPS) is 14.8. The molecule has 0 radical (unpaired) electrons. The lowest BCUT2D eigenvalue weighted by molar-refractivity contribution is -0.136. The number of hydrogen-bond donors (Lipinski definition) is 1. The summed E-state index contributed by atoms with van der Waals surface area (Å²) in [6.45, 7) is 2.72. The number of aromatic amines is 1. The third-order valence-electron chi connectivity index (χ3n) is 7.69. The van der Waals surface area contributed by atoms with Gasteiger partial charge in [0, 0.05) is 31.6 Å². The fraction of sp³-hybridized carbons (Fsp3) is 0.333. The van der Waals surface area contributed by atoms with Crippen LogP contribution in [0.1, 0.15) is 36.7 Å². The van der Waals surface area contributed by atoms with E-state index in [1.807, 2.05) is 55.5 Å². The van der Waals surface area contributed by atoms with Crippen molar-refractivity contribution in [2.75, 3.05) is 26.3 Å². The fourth-order valence-corrected chi connectivity index (χ4v) is 6.88. The number of sulfonamides is 1. The second kappa shape index (κ2) is 12.1. The summed E-state index contributed by atoms with van der Waals surface area (Å²) in [6.07, 6.45) is -2.82. The van der Waals surface area contributed by atoms with Crippen molar-refractivity contribution in [1.82, 2.24) is 34.5 Å². The molecule has 0 aliphatic carbocycles. The number of halogens is 3. The molecule has 10 nitrogen and oxygen atoms in total. The maximum Gasteiger partial charge on any atom is 0.418 e. The summed E-state index contributed by atoms with van der Waals surface area (Å²) >= 11 is 0. The van der Waals surface area contributed by atoms with Crippen LogP contribution in [0.4, 0.5) is 13.2 Å². The molecule has 3 aromatic carbocycles. The molecule has 2 aromatic heterocycles. The smallest absolute Gasteiger partial charge is 0.379 e. The molecule has 3 heterocycles. The molecule has 14 heteroatoms. The van der Waals surface area contributed by atoms with E-state index in [2.05, 4.69) is 25.6 Å². The molecule has 1 aliphatic heterocycles. The van der Waals surface area contributed by atoms with Gasteiger partial charge in [-0.15, -0.1) is 10.2 Å². The first-order valence-corrected chi connectivity index (χ1v) is 15.7. The topological polar surface area (TPSA) is 119 Å². The molecule has 6 rings (SSSR count). The molecule has 1 aliphatic rings. The molecule has 1 fully saturated rings. The van der Waals surface area contributed by atoms with E-state index in [0.717, 1.165) is 35.1 Å². The Morgan fingerprint density at radius 1 is 1.00 bits per heavy atom.